The lowest BCUT2D eigenvalue weighted by atomic mass is 9.90. The summed E-state index contributed by atoms with van der Waals surface area (Å²) in [5, 5.41) is 9.65. The molecule has 0 radical (unpaired) electrons. The number of nitrogens with zero attached hydrogens (tertiary/aromatic N) is 1. The number of amides is 1. The molecule has 3 N–H and O–H groups in total. The molecule has 0 spiro atoms. The molecule has 0 bridgehead atoms. The van der Waals surface area contributed by atoms with E-state index in [0.29, 0.717) is 51.9 Å². The molecule has 0 aromatic heterocycles. The van der Waals surface area contributed by atoms with Gasteiger partial charge < -0.3 is 25.4 Å². The van der Waals surface area contributed by atoms with Crippen LogP contribution in [0.5, 0.6) is 0 Å². The topological polar surface area (TPSA) is 84.0 Å². The van der Waals surface area contributed by atoms with Crippen LogP contribution in [0, 0.1) is 0 Å². The van der Waals surface area contributed by atoms with Gasteiger partial charge in [0.1, 0.15) is 0 Å². The summed E-state index contributed by atoms with van der Waals surface area (Å²) >= 11 is 0. The Morgan fingerprint density at radius 3 is 2.74 bits per heavy atom. The van der Waals surface area contributed by atoms with Gasteiger partial charge in [-0.05, 0) is 29.7 Å². The second kappa shape index (κ2) is 12.1. The zero-order valence-corrected chi connectivity index (χ0v) is 18.3. The van der Waals surface area contributed by atoms with Gasteiger partial charge in [-0.25, -0.2) is 0 Å². The minimum absolute atomic E-state index is 0.0498. The van der Waals surface area contributed by atoms with E-state index in [1.807, 2.05) is 31.2 Å². The Kier molecular flexibility index (Phi) is 8.87. The third-order valence-electron chi connectivity index (χ3n) is 5.14. The van der Waals surface area contributed by atoms with Crippen LogP contribution >= 0.6 is 0 Å². The fourth-order valence-corrected chi connectivity index (χ4v) is 3.59. The molecule has 0 saturated carbocycles. The Hall–Kier alpha value is -2.90. The number of guanidine groups is 1. The normalized spacial score (nSPS) is 15.9. The maximum atomic E-state index is 12.0. The molecule has 1 aliphatic heterocycles. The number of nitrogens with one attached hydrogen (secondary N) is 3. The fraction of sp³-hybridized carbons (Fsp3) is 0.417. The average molecular weight is 425 g/mol. The highest BCUT2D eigenvalue weighted by atomic mass is 16.5. The highest BCUT2D eigenvalue weighted by molar-refractivity contribution is 5.94. The maximum Gasteiger partial charge on any atom is 0.225 e. The number of rotatable bonds is 10. The highest BCUT2D eigenvalue weighted by Gasteiger charge is 2.24. The van der Waals surface area contributed by atoms with Crippen molar-refractivity contribution in [2.75, 3.05) is 38.7 Å². The number of benzene rings is 2. The van der Waals surface area contributed by atoms with Crippen molar-refractivity contribution in [3.63, 3.8) is 0 Å². The molecular formula is C24H32N4O3. The van der Waals surface area contributed by atoms with Crippen molar-refractivity contribution in [3.8, 4) is 0 Å². The van der Waals surface area contributed by atoms with Gasteiger partial charge in [-0.15, -0.1) is 0 Å². The summed E-state index contributed by atoms with van der Waals surface area (Å²) in [4.78, 5) is 16.3. The van der Waals surface area contributed by atoms with Crippen LogP contribution in [-0.2, 0) is 27.4 Å². The SMILES string of the molecule is CCOCCOCc1cccc(CNC(=NC)NCC2CC(=O)Nc3ccccc32)c1. The molecule has 2 aromatic carbocycles. The predicted octanol–water partition coefficient (Wildman–Crippen LogP) is 3.03. The lowest BCUT2D eigenvalue weighted by Gasteiger charge is -2.26. The van der Waals surface area contributed by atoms with Crippen molar-refractivity contribution < 1.29 is 14.3 Å². The molecule has 3 rings (SSSR count). The lowest BCUT2D eigenvalue weighted by molar-refractivity contribution is -0.116. The van der Waals surface area contributed by atoms with Gasteiger partial charge >= 0.3 is 0 Å². The first-order valence-corrected chi connectivity index (χ1v) is 10.8. The van der Waals surface area contributed by atoms with Crippen LogP contribution in [0.4, 0.5) is 5.69 Å². The van der Waals surface area contributed by atoms with E-state index in [1.165, 1.54) is 0 Å². The van der Waals surface area contributed by atoms with Crippen LogP contribution in [0.1, 0.15) is 36.0 Å². The minimum Gasteiger partial charge on any atom is -0.379 e. The van der Waals surface area contributed by atoms with Gasteiger partial charge in [0.2, 0.25) is 5.91 Å². The number of aliphatic imine (C=N–C) groups is 1. The molecule has 0 fully saturated rings. The number of carbonyl (C=O) groups is 1. The van der Waals surface area contributed by atoms with E-state index in [-0.39, 0.29) is 11.8 Å². The molecule has 0 aliphatic carbocycles. The van der Waals surface area contributed by atoms with Gasteiger partial charge in [-0.1, -0.05) is 42.5 Å². The Morgan fingerprint density at radius 2 is 1.90 bits per heavy atom. The van der Waals surface area contributed by atoms with Crippen molar-refractivity contribution >= 4 is 17.6 Å². The van der Waals surface area contributed by atoms with E-state index in [4.69, 9.17) is 9.47 Å². The summed E-state index contributed by atoms with van der Waals surface area (Å²) in [7, 11) is 1.75. The predicted molar refractivity (Wildman–Crippen MR) is 123 cm³/mol. The number of hydrogen-bond donors (Lipinski definition) is 3. The third kappa shape index (κ3) is 7.08. The van der Waals surface area contributed by atoms with Crippen molar-refractivity contribution in [1.82, 2.24) is 10.6 Å². The van der Waals surface area contributed by atoms with Crippen LogP contribution in [0.15, 0.2) is 53.5 Å². The molecule has 1 atom stereocenters. The Bertz CT molecular complexity index is 885. The molecule has 1 unspecified atom stereocenters. The zero-order chi connectivity index (χ0) is 21.9. The summed E-state index contributed by atoms with van der Waals surface area (Å²) in [6.07, 6.45) is 0.465. The Morgan fingerprint density at radius 1 is 1.10 bits per heavy atom. The monoisotopic (exact) mass is 424 g/mol. The second-order valence-electron chi connectivity index (χ2n) is 7.41. The van der Waals surface area contributed by atoms with Gasteiger partial charge in [-0.2, -0.15) is 0 Å². The smallest absolute Gasteiger partial charge is 0.225 e. The first-order chi connectivity index (χ1) is 15.2. The molecule has 166 valence electrons. The van der Waals surface area contributed by atoms with Crippen LogP contribution in [0.25, 0.3) is 0 Å². The van der Waals surface area contributed by atoms with Crippen molar-refractivity contribution in [2.45, 2.75) is 32.4 Å². The summed E-state index contributed by atoms with van der Waals surface area (Å²) in [5.41, 5.74) is 4.33. The molecule has 0 saturated heterocycles. The Labute approximate surface area is 184 Å². The van der Waals surface area contributed by atoms with E-state index >= 15 is 0 Å². The highest BCUT2D eigenvalue weighted by Crippen LogP contribution is 2.31. The minimum atomic E-state index is 0.0498. The number of anilines is 1. The summed E-state index contributed by atoms with van der Waals surface area (Å²) in [5.74, 6) is 0.872. The molecule has 1 heterocycles. The van der Waals surface area contributed by atoms with Gasteiger partial charge in [0.15, 0.2) is 5.96 Å². The molecule has 31 heavy (non-hydrogen) atoms. The van der Waals surface area contributed by atoms with Gasteiger partial charge in [0.05, 0.1) is 19.8 Å². The van der Waals surface area contributed by atoms with Crippen molar-refractivity contribution in [2.24, 2.45) is 4.99 Å². The number of ether oxygens (including phenoxy) is 2. The average Bonchev–Trinajstić information content (AvgIpc) is 2.79. The van der Waals surface area contributed by atoms with Crippen molar-refractivity contribution in [3.05, 3.63) is 65.2 Å². The Balaban J connectivity index is 1.48. The molecule has 1 amide bonds. The molecule has 2 aromatic rings. The standard InChI is InChI=1S/C24H32N4O3/c1-3-30-11-12-31-17-19-8-6-7-18(13-19)15-26-24(25-2)27-16-20-14-23(29)28-22-10-5-4-9-21(20)22/h4-10,13,20H,3,11-12,14-17H2,1-2H3,(H,28,29)(H2,25,26,27). The van der Waals surface area contributed by atoms with E-state index in [9.17, 15) is 4.79 Å². The summed E-state index contributed by atoms with van der Waals surface area (Å²) in [6, 6.07) is 16.2. The van der Waals surface area contributed by atoms with Gasteiger partial charge in [0, 0.05) is 44.8 Å². The van der Waals surface area contributed by atoms with Crippen LogP contribution < -0.4 is 16.0 Å². The fourth-order valence-electron chi connectivity index (χ4n) is 3.59. The third-order valence-corrected chi connectivity index (χ3v) is 5.14. The quantitative estimate of drug-likeness (QED) is 0.310. The zero-order valence-electron chi connectivity index (χ0n) is 18.3. The van der Waals surface area contributed by atoms with E-state index < -0.39 is 0 Å². The number of fused-ring (bicyclic) bond motifs is 1. The van der Waals surface area contributed by atoms with Crippen LogP contribution in [0.2, 0.25) is 0 Å². The van der Waals surface area contributed by atoms with Crippen molar-refractivity contribution in [1.29, 1.82) is 0 Å². The maximum absolute atomic E-state index is 12.0. The molecule has 1 aliphatic rings. The van der Waals surface area contributed by atoms with Crippen LogP contribution in [-0.4, -0.2) is 45.3 Å². The summed E-state index contributed by atoms with van der Waals surface area (Å²) in [6.45, 7) is 5.75. The first kappa shape index (κ1) is 22.8. The first-order valence-electron chi connectivity index (χ1n) is 10.8. The second-order valence-corrected chi connectivity index (χ2v) is 7.41. The largest absolute Gasteiger partial charge is 0.379 e. The van der Waals surface area contributed by atoms with Gasteiger partial charge in [-0.3, -0.25) is 9.79 Å². The molecular weight excluding hydrogens is 392 g/mol. The van der Waals surface area contributed by atoms with E-state index in [1.54, 1.807) is 7.05 Å². The number of carbonyl (C=O) groups excluding carboxylic acids is 1. The number of hydrogen-bond acceptors (Lipinski definition) is 4. The molecule has 7 heteroatoms. The van der Waals surface area contributed by atoms with E-state index in [2.05, 4.69) is 45.2 Å². The number of para-hydroxylation sites is 1. The van der Waals surface area contributed by atoms with E-state index in [0.717, 1.165) is 22.4 Å². The lowest BCUT2D eigenvalue weighted by Crippen LogP contribution is -2.40. The van der Waals surface area contributed by atoms with Crippen LogP contribution in [0.3, 0.4) is 0 Å². The summed E-state index contributed by atoms with van der Waals surface area (Å²) < 4.78 is 10.9. The molecule has 7 nitrogen and oxygen atoms in total. The van der Waals surface area contributed by atoms with Gasteiger partial charge in [0.25, 0.3) is 0 Å².